The lowest BCUT2D eigenvalue weighted by atomic mass is 9.41. The van der Waals surface area contributed by atoms with Crippen LogP contribution in [-0.2, 0) is 10.2 Å². The minimum absolute atomic E-state index is 0.0354. The van der Waals surface area contributed by atoms with Gasteiger partial charge in [0, 0.05) is 30.0 Å². The fourth-order valence-corrected chi connectivity index (χ4v) is 8.27. The van der Waals surface area contributed by atoms with E-state index in [0.717, 1.165) is 72.8 Å². The standard InChI is InChI=1S/C34H40FN3O3/c1-23(2)29-36-30(41-37-29)33-14-11-31(12-15-33,13-16-33)22-38(28(39)18-32-19-34(35,20-32)21-32)26-6-4-5-25(17-26)24-7-9-27(40-3)10-8-24/h4-10,17,23H,11-16,18-22H2,1-3H3. The third kappa shape index (κ3) is 4.56. The van der Waals surface area contributed by atoms with Gasteiger partial charge in [-0.15, -0.1) is 0 Å². The highest BCUT2D eigenvalue weighted by Crippen LogP contribution is 2.71. The highest BCUT2D eigenvalue weighted by atomic mass is 19.1. The molecule has 216 valence electrons. The van der Waals surface area contributed by atoms with Crippen LogP contribution in [0.5, 0.6) is 5.75 Å². The largest absolute Gasteiger partial charge is 0.497 e. The van der Waals surface area contributed by atoms with Gasteiger partial charge in [-0.2, -0.15) is 4.98 Å². The van der Waals surface area contributed by atoms with Crippen molar-refractivity contribution in [3.8, 4) is 16.9 Å². The minimum atomic E-state index is -1.00. The van der Waals surface area contributed by atoms with E-state index >= 15 is 0 Å². The quantitative estimate of drug-likeness (QED) is 0.269. The Hall–Kier alpha value is -3.22. The molecule has 1 aromatic heterocycles. The SMILES string of the molecule is COc1ccc(-c2cccc(N(CC34CCC(c5nc(C(C)C)no5)(CC3)CC4)C(=O)CC34CC(F)(C3)C4)c2)cc1. The van der Waals surface area contributed by atoms with Crippen molar-refractivity contribution in [3.05, 3.63) is 60.2 Å². The number of aromatic nitrogens is 2. The van der Waals surface area contributed by atoms with Crippen LogP contribution in [-0.4, -0.2) is 35.4 Å². The summed E-state index contributed by atoms with van der Waals surface area (Å²) in [5.41, 5.74) is 1.98. The van der Waals surface area contributed by atoms with Crippen LogP contribution in [0.25, 0.3) is 11.1 Å². The number of hydrogen-bond acceptors (Lipinski definition) is 5. The lowest BCUT2D eigenvalue weighted by Gasteiger charge is -2.66. The Kier molecular flexibility index (Phi) is 6.11. The number of hydrogen-bond donors (Lipinski definition) is 0. The number of nitrogens with zero attached hydrogens (tertiary/aromatic N) is 3. The van der Waals surface area contributed by atoms with Gasteiger partial charge >= 0.3 is 0 Å². The molecule has 4 bridgehead atoms. The molecule has 0 aliphatic heterocycles. The topological polar surface area (TPSA) is 68.5 Å². The van der Waals surface area contributed by atoms with Gasteiger partial charge in [-0.1, -0.05) is 43.3 Å². The van der Waals surface area contributed by atoms with Crippen LogP contribution in [0.1, 0.15) is 95.7 Å². The summed E-state index contributed by atoms with van der Waals surface area (Å²) in [5.74, 6) is 2.79. The summed E-state index contributed by atoms with van der Waals surface area (Å²) in [6.07, 6.45) is 8.20. The van der Waals surface area contributed by atoms with E-state index < -0.39 is 5.67 Å². The third-order valence-electron chi connectivity index (χ3n) is 10.8. The average molecular weight is 558 g/mol. The maximum atomic E-state index is 14.3. The van der Waals surface area contributed by atoms with Gasteiger partial charge in [0.15, 0.2) is 5.82 Å². The molecule has 0 atom stereocenters. The number of amides is 1. The molecule has 9 rings (SSSR count). The summed E-state index contributed by atoms with van der Waals surface area (Å²) in [7, 11) is 1.67. The van der Waals surface area contributed by atoms with Crippen molar-refractivity contribution >= 4 is 11.6 Å². The maximum Gasteiger partial charge on any atom is 0.232 e. The van der Waals surface area contributed by atoms with Gasteiger partial charge in [0.05, 0.1) is 7.11 Å². The smallest absolute Gasteiger partial charge is 0.232 e. The highest BCUT2D eigenvalue weighted by molar-refractivity contribution is 5.95. The summed E-state index contributed by atoms with van der Waals surface area (Å²) in [4.78, 5) is 20.9. The number of anilines is 1. The monoisotopic (exact) mass is 557 g/mol. The summed E-state index contributed by atoms with van der Waals surface area (Å²) >= 11 is 0. The van der Waals surface area contributed by atoms with Crippen LogP contribution < -0.4 is 9.64 Å². The molecule has 0 saturated heterocycles. The van der Waals surface area contributed by atoms with Gasteiger partial charge in [-0.3, -0.25) is 4.79 Å². The predicted octanol–water partition coefficient (Wildman–Crippen LogP) is 7.78. The number of fused-ring (bicyclic) bond motifs is 3. The predicted molar refractivity (Wildman–Crippen MR) is 156 cm³/mol. The lowest BCUT2D eigenvalue weighted by molar-refractivity contribution is -0.215. The molecule has 1 heterocycles. The molecule has 6 aliphatic rings. The number of carbonyl (C=O) groups is 1. The van der Waals surface area contributed by atoms with Crippen molar-refractivity contribution < 1.29 is 18.4 Å². The second-order valence-corrected chi connectivity index (χ2v) is 14.0. The summed E-state index contributed by atoms with van der Waals surface area (Å²) in [5, 5.41) is 4.26. The van der Waals surface area contributed by atoms with Crippen LogP contribution in [0.15, 0.2) is 53.1 Å². The van der Waals surface area contributed by atoms with Crippen LogP contribution in [0, 0.1) is 10.8 Å². The van der Waals surface area contributed by atoms with Crippen LogP contribution in [0.4, 0.5) is 10.1 Å². The Morgan fingerprint density at radius 3 is 2.24 bits per heavy atom. The minimum Gasteiger partial charge on any atom is -0.497 e. The zero-order chi connectivity index (χ0) is 28.5. The van der Waals surface area contributed by atoms with E-state index in [1.807, 2.05) is 23.1 Å². The molecule has 41 heavy (non-hydrogen) atoms. The zero-order valence-electron chi connectivity index (χ0n) is 24.4. The number of carbonyl (C=O) groups excluding carboxylic acids is 1. The molecule has 2 aromatic carbocycles. The fraction of sp³-hybridized carbons (Fsp3) is 0.559. The van der Waals surface area contributed by atoms with Gasteiger partial charge < -0.3 is 14.2 Å². The first kappa shape index (κ1) is 26.7. The first-order chi connectivity index (χ1) is 19.6. The molecule has 0 radical (unpaired) electrons. The van der Waals surface area contributed by atoms with Gasteiger partial charge in [-0.25, -0.2) is 4.39 Å². The lowest BCUT2D eigenvalue weighted by Crippen LogP contribution is -2.65. The van der Waals surface area contributed by atoms with E-state index in [0.29, 0.717) is 32.2 Å². The molecule has 6 nitrogen and oxygen atoms in total. The van der Waals surface area contributed by atoms with Crippen molar-refractivity contribution in [3.63, 3.8) is 0 Å². The van der Waals surface area contributed by atoms with Crippen molar-refractivity contribution in [2.45, 2.75) is 95.1 Å². The normalized spacial score (nSPS) is 31.4. The first-order valence-electron chi connectivity index (χ1n) is 15.2. The maximum absolute atomic E-state index is 14.3. The summed E-state index contributed by atoms with van der Waals surface area (Å²) in [6, 6.07) is 16.3. The molecule has 6 fully saturated rings. The Bertz CT molecular complexity index is 1420. The summed E-state index contributed by atoms with van der Waals surface area (Å²) in [6.45, 7) is 4.88. The van der Waals surface area contributed by atoms with E-state index in [9.17, 15) is 9.18 Å². The summed E-state index contributed by atoms with van der Waals surface area (Å²) < 4.78 is 25.5. The number of benzene rings is 2. The van der Waals surface area contributed by atoms with Crippen LogP contribution in [0.3, 0.4) is 0 Å². The van der Waals surface area contributed by atoms with E-state index in [2.05, 4.69) is 49.3 Å². The van der Waals surface area contributed by atoms with Crippen molar-refractivity contribution in [1.29, 1.82) is 0 Å². The average Bonchev–Trinajstić information content (AvgIpc) is 3.48. The van der Waals surface area contributed by atoms with Crippen molar-refractivity contribution in [2.24, 2.45) is 10.8 Å². The highest BCUT2D eigenvalue weighted by Gasteiger charge is 2.69. The van der Waals surface area contributed by atoms with Gasteiger partial charge in [-0.05, 0) is 104 Å². The number of rotatable bonds is 9. The van der Waals surface area contributed by atoms with Gasteiger partial charge in [0.1, 0.15) is 11.4 Å². The Balaban J connectivity index is 1.14. The molecule has 7 heteroatoms. The van der Waals surface area contributed by atoms with Gasteiger partial charge in [0.25, 0.3) is 0 Å². The number of alkyl halides is 1. The molecule has 3 aromatic rings. The Morgan fingerprint density at radius 2 is 1.66 bits per heavy atom. The van der Waals surface area contributed by atoms with Crippen molar-refractivity contribution in [2.75, 3.05) is 18.6 Å². The fourth-order valence-electron chi connectivity index (χ4n) is 8.27. The molecule has 0 spiro atoms. The molecule has 6 aliphatic carbocycles. The third-order valence-corrected chi connectivity index (χ3v) is 10.8. The number of halogens is 1. The van der Waals surface area contributed by atoms with E-state index in [4.69, 9.17) is 14.2 Å². The van der Waals surface area contributed by atoms with E-state index in [1.54, 1.807) is 7.11 Å². The zero-order valence-corrected chi connectivity index (χ0v) is 24.4. The Morgan fingerprint density at radius 1 is 0.976 bits per heavy atom. The second kappa shape index (κ2) is 9.40. The molecule has 6 saturated carbocycles. The van der Waals surface area contributed by atoms with Crippen molar-refractivity contribution in [1.82, 2.24) is 10.1 Å². The molecular formula is C34H40FN3O3. The Labute approximate surface area is 241 Å². The van der Waals surface area contributed by atoms with E-state index in [1.165, 1.54) is 0 Å². The first-order valence-corrected chi connectivity index (χ1v) is 15.2. The van der Waals surface area contributed by atoms with Crippen LogP contribution >= 0.6 is 0 Å². The molecule has 0 N–H and O–H groups in total. The second-order valence-electron chi connectivity index (χ2n) is 14.0. The number of methoxy groups -OCH3 is 1. The molecule has 0 unspecified atom stereocenters. The van der Waals surface area contributed by atoms with E-state index in [-0.39, 0.29) is 28.1 Å². The molecular weight excluding hydrogens is 517 g/mol. The van der Waals surface area contributed by atoms with Crippen LogP contribution in [0.2, 0.25) is 0 Å². The number of ether oxygens (including phenoxy) is 1. The molecule has 1 amide bonds. The van der Waals surface area contributed by atoms with Gasteiger partial charge in [0.2, 0.25) is 11.8 Å².